The lowest BCUT2D eigenvalue weighted by atomic mass is 9.96. The molecule has 0 aromatic heterocycles. The van der Waals surface area contributed by atoms with E-state index in [1.807, 2.05) is 6.92 Å². The van der Waals surface area contributed by atoms with Crippen molar-refractivity contribution in [3.05, 3.63) is 35.6 Å². The highest BCUT2D eigenvalue weighted by molar-refractivity contribution is 5.99. The Morgan fingerprint density at radius 1 is 1.33 bits per heavy atom. The van der Waals surface area contributed by atoms with Gasteiger partial charge in [-0.1, -0.05) is 26.0 Å². The molecule has 0 heterocycles. The van der Waals surface area contributed by atoms with E-state index in [9.17, 15) is 14.0 Å². The van der Waals surface area contributed by atoms with Crippen LogP contribution in [-0.2, 0) is 4.79 Å². The molecule has 2 unspecified atom stereocenters. The Kier molecular flexibility index (Phi) is 8.81. The SMILES string of the molecule is CC(CN)CNC(=O)CC(C)C(=O)c1cccc(F)c1.Cl. The average Bonchev–Trinajstić information content (AvgIpc) is 2.43. The first-order valence-electron chi connectivity index (χ1n) is 6.70. The summed E-state index contributed by atoms with van der Waals surface area (Å²) in [4.78, 5) is 23.8. The number of rotatable bonds is 7. The van der Waals surface area contributed by atoms with Crippen LogP contribution in [0.1, 0.15) is 30.6 Å². The van der Waals surface area contributed by atoms with Crippen molar-refractivity contribution in [3.8, 4) is 0 Å². The van der Waals surface area contributed by atoms with Crippen molar-refractivity contribution >= 4 is 24.1 Å². The van der Waals surface area contributed by atoms with Gasteiger partial charge >= 0.3 is 0 Å². The molecule has 0 aliphatic heterocycles. The molecule has 3 N–H and O–H groups in total. The summed E-state index contributed by atoms with van der Waals surface area (Å²) in [5, 5.41) is 2.74. The molecule has 1 amide bonds. The monoisotopic (exact) mass is 316 g/mol. The molecule has 0 saturated carbocycles. The molecular formula is C15H22ClFN2O2. The Bertz CT molecular complexity index is 482. The van der Waals surface area contributed by atoms with Crippen LogP contribution < -0.4 is 11.1 Å². The van der Waals surface area contributed by atoms with Crippen LogP contribution in [0.5, 0.6) is 0 Å². The van der Waals surface area contributed by atoms with E-state index < -0.39 is 11.7 Å². The van der Waals surface area contributed by atoms with E-state index in [-0.39, 0.29) is 36.4 Å². The third-order valence-electron chi connectivity index (χ3n) is 3.10. The van der Waals surface area contributed by atoms with Crippen molar-refractivity contribution < 1.29 is 14.0 Å². The Balaban J connectivity index is 0.00000400. The standard InChI is InChI=1S/C15H21FN2O2.ClH/c1-10(8-17)9-18-14(19)6-11(2)15(20)12-4-3-5-13(16)7-12;/h3-5,7,10-11H,6,8-9,17H2,1-2H3,(H,18,19);1H. The highest BCUT2D eigenvalue weighted by Crippen LogP contribution is 2.13. The number of nitrogens with two attached hydrogens (primary N) is 1. The van der Waals surface area contributed by atoms with E-state index in [0.717, 1.165) is 0 Å². The fraction of sp³-hybridized carbons (Fsp3) is 0.467. The van der Waals surface area contributed by atoms with E-state index in [1.165, 1.54) is 18.2 Å². The Morgan fingerprint density at radius 2 is 2.00 bits per heavy atom. The number of hydrogen-bond donors (Lipinski definition) is 2. The highest BCUT2D eigenvalue weighted by Gasteiger charge is 2.19. The quantitative estimate of drug-likeness (QED) is 0.757. The lowest BCUT2D eigenvalue weighted by molar-refractivity contribution is -0.121. The molecule has 118 valence electrons. The maximum absolute atomic E-state index is 13.1. The van der Waals surface area contributed by atoms with Crippen LogP contribution in [0.2, 0.25) is 0 Å². The second kappa shape index (κ2) is 9.47. The molecular weight excluding hydrogens is 295 g/mol. The second-order valence-electron chi connectivity index (χ2n) is 5.12. The van der Waals surface area contributed by atoms with Gasteiger partial charge in [-0.25, -0.2) is 4.39 Å². The summed E-state index contributed by atoms with van der Waals surface area (Å²) in [6.45, 7) is 4.59. The van der Waals surface area contributed by atoms with Crippen molar-refractivity contribution in [2.75, 3.05) is 13.1 Å². The number of nitrogens with one attached hydrogen (secondary N) is 1. The topological polar surface area (TPSA) is 72.2 Å². The number of halogens is 2. The lowest BCUT2D eigenvalue weighted by Crippen LogP contribution is -2.33. The number of ketones is 1. The predicted octanol–water partition coefficient (Wildman–Crippen LogP) is 2.17. The fourth-order valence-corrected chi connectivity index (χ4v) is 1.74. The van der Waals surface area contributed by atoms with E-state index in [2.05, 4.69) is 5.32 Å². The van der Waals surface area contributed by atoms with Gasteiger partial charge < -0.3 is 11.1 Å². The van der Waals surface area contributed by atoms with Gasteiger partial charge in [0.25, 0.3) is 0 Å². The molecule has 0 radical (unpaired) electrons. The third kappa shape index (κ3) is 6.69. The van der Waals surface area contributed by atoms with Crippen molar-refractivity contribution in [2.24, 2.45) is 17.6 Å². The zero-order chi connectivity index (χ0) is 15.1. The minimum atomic E-state index is -0.481. The van der Waals surface area contributed by atoms with Gasteiger partial charge in [-0.2, -0.15) is 0 Å². The largest absolute Gasteiger partial charge is 0.356 e. The van der Waals surface area contributed by atoms with Crippen molar-refractivity contribution in [1.82, 2.24) is 5.32 Å². The van der Waals surface area contributed by atoms with Crippen LogP contribution >= 0.6 is 12.4 Å². The van der Waals surface area contributed by atoms with Crippen LogP contribution in [0.4, 0.5) is 4.39 Å². The summed E-state index contributed by atoms with van der Waals surface area (Å²) < 4.78 is 13.1. The molecule has 1 aromatic carbocycles. The molecule has 4 nitrogen and oxygen atoms in total. The fourth-order valence-electron chi connectivity index (χ4n) is 1.74. The molecule has 0 aliphatic carbocycles. The lowest BCUT2D eigenvalue weighted by Gasteiger charge is -2.13. The maximum Gasteiger partial charge on any atom is 0.220 e. The van der Waals surface area contributed by atoms with Gasteiger partial charge in [-0.05, 0) is 24.6 Å². The van der Waals surface area contributed by atoms with Gasteiger partial charge in [0, 0.05) is 24.4 Å². The van der Waals surface area contributed by atoms with Gasteiger partial charge in [0.2, 0.25) is 5.91 Å². The number of Topliss-reactive ketones (excluding diaryl/α,β-unsaturated/α-hetero) is 1. The van der Waals surface area contributed by atoms with E-state index in [1.54, 1.807) is 13.0 Å². The van der Waals surface area contributed by atoms with Crippen LogP contribution in [0.3, 0.4) is 0 Å². The second-order valence-corrected chi connectivity index (χ2v) is 5.12. The van der Waals surface area contributed by atoms with Crippen LogP contribution in [0.15, 0.2) is 24.3 Å². The van der Waals surface area contributed by atoms with Gasteiger partial charge in [-0.15, -0.1) is 12.4 Å². The van der Waals surface area contributed by atoms with Crippen LogP contribution in [0.25, 0.3) is 0 Å². The summed E-state index contributed by atoms with van der Waals surface area (Å²) in [6, 6.07) is 5.50. The van der Waals surface area contributed by atoms with Crippen LogP contribution in [0, 0.1) is 17.7 Å². The summed E-state index contributed by atoms with van der Waals surface area (Å²) in [7, 11) is 0. The number of hydrogen-bond acceptors (Lipinski definition) is 3. The minimum Gasteiger partial charge on any atom is -0.356 e. The zero-order valence-corrected chi connectivity index (χ0v) is 13.1. The molecule has 21 heavy (non-hydrogen) atoms. The molecule has 0 bridgehead atoms. The van der Waals surface area contributed by atoms with Gasteiger partial charge in [0.15, 0.2) is 5.78 Å². The Morgan fingerprint density at radius 3 is 2.57 bits per heavy atom. The molecule has 1 rings (SSSR count). The minimum absolute atomic E-state index is 0. The first-order chi connectivity index (χ1) is 9.43. The smallest absolute Gasteiger partial charge is 0.220 e. The zero-order valence-electron chi connectivity index (χ0n) is 12.3. The number of benzene rings is 1. The van der Waals surface area contributed by atoms with Crippen molar-refractivity contribution in [3.63, 3.8) is 0 Å². The van der Waals surface area contributed by atoms with E-state index >= 15 is 0 Å². The average molecular weight is 317 g/mol. The van der Waals surface area contributed by atoms with Gasteiger partial charge in [0.05, 0.1) is 0 Å². The summed E-state index contributed by atoms with van der Waals surface area (Å²) in [5.74, 6) is -1.16. The number of carbonyl (C=O) groups excluding carboxylic acids is 2. The molecule has 6 heteroatoms. The first kappa shape index (κ1) is 19.5. The van der Waals surface area contributed by atoms with Crippen LogP contribution in [-0.4, -0.2) is 24.8 Å². The third-order valence-corrected chi connectivity index (χ3v) is 3.10. The predicted molar refractivity (Wildman–Crippen MR) is 83.0 cm³/mol. The molecule has 0 fully saturated rings. The number of amides is 1. The Labute approximate surface area is 130 Å². The maximum atomic E-state index is 13.1. The Hall–Kier alpha value is -1.46. The number of carbonyl (C=O) groups is 2. The summed E-state index contributed by atoms with van der Waals surface area (Å²) >= 11 is 0. The summed E-state index contributed by atoms with van der Waals surface area (Å²) in [5.41, 5.74) is 5.75. The first-order valence-corrected chi connectivity index (χ1v) is 6.70. The van der Waals surface area contributed by atoms with Gasteiger partial charge in [-0.3, -0.25) is 9.59 Å². The van der Waals surface area contributed by atoms with Crippen molar-refractivity contribution in [2.45, 2.75) is 20.3 Å². The molecule has 0 spiro atoms. The normalized spacial score (nSPS) is 13.0. The van der Waals surface area contributed by atoms with E-state index in [4.69, 9.17) is 5.73 Å². The van der Waals surface area contributed by atoms with E-state index in [0.29, 0.717) is 18.7 Å². The molecule has 2 atom stereocenters. The molecule has 0 aliphatic rings. The van der Waals surface area contributed by atoms with Crippen molar-refractivity contribution in [1.29, 1.82) is 0 Å². The molecule has 1 aromatic rings. The van der Waals surface area contributed by atoms with Gasteiger partial charge in [0.1, 0.15) is 5.82 Å². The summed E-state index contributed by atoms with van der Waals surface area (Å²) in [6.07, 6.45) is 0.0899. The molecule has 0 saturated heterocycles. The highest BCUT2D eigenvalue weighted by atomic mass is 35.5.